The molecule has 1 aromatic carbocycles. The second-order valence-corrected chi connectivity index (χ2v) is 2.60. The van der Waals surface area contributed by atoms with Gasteiger partial charge in [0.2, 0.25) is 0 Å². The van der Waals surface area contributed by atoms with Crippen molar-refractivity contribution >= 4 is 24.2 Å². The van der Waals surface area contributed by atoms with Gasteiger partial charge in [-0.25, -0.2) is 4.79 Å². The van der Waals surface area contributed by atoms with Crippen LogP contribution in [0, 0.1) is 0 Å². The molecule has 0 aromatic heterocycles. The smallest absolute Gasteiger partial charge is 0.502 e. The van der Waals surface area contributed by atoms with Crippen LogP contribution in [0.5, 0.6) is 0 Å². The van der Waals surface area contributed by atoms with Crippen molar-refractivity contribution in [2.45, 2.75) is 0 Å². The van der Waals surface area contributed by atoms with E-state index in [2.05, 4.69) is 4.65 Å². The highest BCUT2D eigenvalue weighted by Gasteiger charge is 2.34. The van der Waals surface area contributed by atoms with Crippen molar-refractivity contribution in [1.29, 1.82) is 0 Å². The number of hydrogen-bond donors (Lipinski definition) is 2. The first kappa shape index (κ1) is 7.18. The SMILES string of the molecule is Nc1ccc2c(c1)C(=O)OB2O. The van der Waals surface area contributed by atoms with Crippen molar-refractivity contribution < 1.29 is 14.5 Å². The molecule has 0 unspecified atom stereocenters. The molecule has 1 aliphatic heterocycles. The number of carbonyl (C=O) groups is 1. The predicted octanol–water partition coefficient (Wildman–Crippen LogP) is -0.873. The summed E-state index contributed by atoms with van der Waals surface area (Å²) in [6.07, 6.45) is 0. The molecule has 1 aromatic rings. The minimum atomic E-state index is -1.13. The third-order valence-electron chi connectivity index (χ3n) is 1.78. The molecule has 0 saturated heterocycles. The van der Waals surface area contributed by atoms with Crippen molar-refractivity contribution in [1.82, 2.24) is 0 Å². The second-order valence-electron chi connectivity index (χ2n) is 2.60. The number of hydrogen-bond acceptors (Lipinski definition) is 4. The third-order valence-corrected chi connectivity index (χ3v) is 1.78. The topological polar surface area (TPSA) is 72.6 Å². The fraction of sp³-hybridized carbons (Fsp3) is 0. The maximum Gasteiger partial charge on any atom is 0.563 e. The van der Waals surface area contributed by atoms with E-state index in [0.29, 0.717) is 16.7 Å². The summed E-state index contributed by atoms with van der Waals surface area (Å²) in [7, 11) is -1.13. The molecule has 0 fully saturated rings. The van der Waals surface area contributed by atoms with Gasteiger partial charge in [0.25, 0.3) is 0 Å². The molecule has 2 rings (SSSR count). The highest BCUT2D eigenvalue weighted by molar-refractivity contribution is 6.66. The molecular formula is C7H6BNO3. The molecule has 4 nitrogen and oxygen atoms in total. The van der Waals surface area contributed by atoms with E-state index >= 15 is 0 Å². The van der Waals surface area contributed by atoms with Gasteiger partial charge < -0.3 is 15.4 Å². The molecule has 0 spiro atoms. The number of nitrogen functional groups attached to an aromatic ring is 1. The maximum absolute atomic E-state index is 11.0. The van der Waals surface area contributed by atoms with Crippen molar-refractivity contribution in [2.24, 2.45) is 0 Å². The minimum absolute atomic E-state index is 0.350. The van der Waals surface area contributed by atoms with Crippen LogP contribution in [0.2, 0.25) is 0 Å². The van der Waals surface area contributed by atoms with Gasteiger partial charge in [-0.3, -0.25) is 0 Å². The van der Waals surface area contributed by atoms with Crippen LogP contribution in [0.15, 0.2) is 18.2 Å². The van der Waals surface area contributed by atoms with E-state index in [1.807, 2.05) is 0 Å². The molecule has 0 radical (unpaired) electrons. The first-order chi connectivity index (χ1) is 5.68. The Kier molecular flexibility index (Phi) is 1.35. The minimum Gasteiger partial charge on any atom is -0.502 e. The molecule has 5 heteroatoms. The summed E-state index contributed by atoms with van der Waals surface area (Å²) in [6, 6.07) is 4.69. The highest BCUT2D eigenvalue weighted by Crippen LogP contribution is 2.12. The zero-order valence-electron chi connectivity index (χ0n) is 6.15. The lowest BCUT2D eigenvalue weighted by Crippen LogP contribution is -2.27. The summed E-state index contributed by atoms with van der Waals surface area (Å²) < 4.78 is 4.55. The summed E-state index contributed by atoms with van der Waals surface area (Å²) in [4.78, 5) is 11.0. The molecule has 12 heavy (non-hydrogen) atoms. The average molecular weight is 163 g/mol. The second kappa shape index (κ2) is 2.25. The Bertz CT molecular complexity index is 353. The van der Waals surface area contributed by atoms with Gasteiger partial charge in [-0.15, -0.1) is 0 Å². The monoisotopic (exact) mass is 163 g/mol. The normalized spacial score (nSPS) is 14.4. The van der Waals surface area contributed by atoms with Gasteiger partial charge in [0, 0.05) is 11.2 Å². The number of carbonyl (C=O) groups excluding carboxylic acids is 1. The molecule has 0 amide bonds. The number of rotatable bonds is 0. The van der Waals surface area contributed by atoms with E-state index in [0.717, 1.165) is 0 Å². The van der Waals surface area contributed by atoms with E-state index in [1.54, 1.807) is 12.1 Å². The standard InChI is InChI=1S/C7H6BNO3/c9-4-1-2-6-5(3-4)7(10)12-8(6)11/h1-3,11H,9H2. The molecule has 0 aliphatic carbocycles. The molecule has 0 saturated carbocycles. The van der Waals surface area contributed by atoms with Crippen molar-refractivity contribution in [3.8, 4) is 0 Å². The Balaban J connectivity index is 2.60. The van der Waals surface area contributed by atoms with Crippen LogP contribution in [0.3, 0.4) is 0 Å². The van der Waals surface area contributed by atoms with Crippen molar-refractivity contribution in [3.05, 3.63) is 23.8 Å². The van der Waals surface area contributed by atoms with Gasteiger partial charge in [0.1, 0.15) is 0 Å². The van der Waals surface area contributed by atoms with Crippen LogP contribution in [-0.2, 0) is 4.65 Å². The van der Waals surface area contributed by atoms with E-state index in [-0.39, 0.29) is 0 Å². The molecule has 0 atom stereocenters. The van der Waals surface area contributed by atoms with Crippen LogP contribution >= 0.6 is 0 Å². The van der Waals surface area contributed by atoms with Gasteiger partial charge in [-0.2, -0.15) is 0 Å². The zero-order valence-corrected chi connectivity index (χ0v) is 6.15. The van der Waals surface area contributed by atoms with Crippen LogP contribution in [0.1, 0.15) is 10.4 Å². The van der Waals surface area contributed by atoms with Crippen molar-refractivity contribution in [2.75, 3.05) is 5.73 Å². The van der Waals surface area contributed by atoms with Crippen LogP contribution < -0.4 is 11.2 Å². The maximum atomic E-state index is 11.0. The number of benzene rings is 1. The molecule has 60 valence electrons. The lowest BCUT2D eigenvalue weighted by Gasteiger charge is -1.95. The van der Waals surface area contributed by atoms with Gasteiger partial charge in [0.05, 0.1) is 5.56 Å². The fourth-order valence-electron chi connectivity index (χ4n) is 1.19. The summed E-state index contributed by atoms with van der Waals surface area (Å²) >= 11 is 0. The number of anilines is 1. The van der Waals surface area contributed by atoms with Gasteiger partial charge in [-0.05, 0) is 12.1 Å². The van der Waals surface area contributed by atoms with Crippen molar-refractivity contribution in [3.63, 3.8) is 0 Å². The fourth-order valence-corrected chi connectivity index (χ4v) is 1.19. The van der Waals surface area contributed by atoms with Crippen LogP contribution in [0.4, 0.5) is 5.69 Å². The molecule has 1 heterocycles. The lowest BCUT2D eigenvalue weighted by molar-refractivity contribution is 0.0728. The first-order valence-electron chi connectivity index (χ1n) is 3.47. The Morgan fingerprint density at radius 2 is 2.25 bits per heavy atom. The first-order valence-corrected chi connectivity index (χ1v) is 3.47. The van der Waals surface area contributed by atoms with E-state index in [4.69, 9.17) is 10.8 Å². The van der Waals surface area contributed by atoms with Crippen LogP contribution in [-0.4, -0.2) is 18.1 Å². The van der Waals surface area contributed by atoms with E-state index < -0.39 is 13.1 Å². The third kappa shape index (κ3) is 0.870. The molecule has 0 bridgehead atoms. The van der Waals surface area contributed by atoms with Gasteiger partial charge in [0.15, 0.2) is 0 Å². The number of fused-ring (bicyclic) bond motifs is 1. The van der Waals surface area contributed by atoms with E-state index in [1.165, 1.54) is 6.07 Å². The Morgan fingerprint density at radius 3 is 3.00 bits per heavy atom. The number of nitrogens with two attached hydrogens (primary N) is 1. The van der Waals surface area contributed by atoms with Gasteiger partial charge in [-0.1, -0.05) is 6.07 Å². The predicted molar refractivity (Wildman–Crippen MR) is 43.9 cm³/mol. The summed E-state index contributed by atoms with van der Waals surface area (Å²) in [6.45, 7) is 0. The summed E-state index contributed by atoms with van der Waals surface area (Å²) in [5.74, 6) is -0.523. The van der Waals surface area contributed by atoms with E-state index in [9.17, 15) is 4.79 Å². The highest BCUT2D eigenvalue weighted by atomic mass is 16.6. The quantitative estimate of drug-likeness (QED) is 0.385. The summed E-state index contributed by atoms with van der Waals surface area (Å²) in [5.41, 5.74) is 6.77. The Hall–Kier alpha value is -1.49. The lowest BCUT2D eigenvalue weighted by atomic mass is 9.79. The largest absolute Gasteiger partial charge is 0.563 e. The van der Waals surface area contributed by atoms with Gasteiger partial charge >= 0.3 is 13.1 Å². The average Bonchev–Trinajstić information content (AvgIpc) is 2.28. The Morgan fingerprint density at radius 1 is 1.50 bits per heavy atom. The molecule has 1 aliphatic rings. The Labute approximate surface area is 69.1 Å². The van der Waals surface area contributed by atoms with Crippen LogP contribution in [0.25, 0.3) is 0 Å². The zero-order chi connectivity index (χ0) is 8.72. The molecular weight excluding hydrogens is 157 g/mol. The summed E-state index contributed by atoms with van der Waals surface area (Å²) in [5, 5.41) is 9.16. The molecule has 3 N–H and O–H groups in total.